The number of rotatable bonds is 13. The van der Waals surface area contributed by atoms with Crippen LogP contribution in [0.3, 0.4) is 0 Å². The molecule has 8 fully saturated rings. The normalized spacial score (nSPS) is 32.9. The summed E-state index contributed by atoms with van der Waals surface area (Å²) in [6, 6.07) is 10.00. The molecule has 2 aromatic rings. The number of carbonyl (C=O) groups excluding carboxylic acids is 2. The lowest BCUT2D eigenvalue weighted by atomic mass is 9.49. The van der Waals surface area contributed by atoms with E-state index in [0.717, 1.165) is 74.6 Å². The van der Waals surface area contributed by atoms with Crippen LogP contribution in [0.2, 0.25) is 5.02 Å². The van der Waals surface area contributed by atoms with Crippen LogP contribution >= 0.6 is 11.6 Å². The van der Waals surface area contributed by atoms with Crippen LogP contribution in [-0.2, 0) is 29.6 Å². The summed E-state index contributed by atoms with van der Waals surface area (Å²) in [5.74, 6) is 2.62. The Bertz CT molecular complexity index is 2280. The zero-order chi connectivity index (χ0) is 44.8. The van der Waals surface area contributed by atoms with Gasteiger partial charge in [-0.3, -0.25) is 19.7 Å². The predicted molar refractivity (Wildman–Crippen MR) is 231 cm³/mol. The maximum absolute atomic E-state index is 13.4. The Balaban J connectivity index is 0.000000184. The second kappa shape index (κ2) is 16.0. The standard InChI is InChI=1S/C23H32ClNO4S.C22H30N2O6S/c1-14-19(24)6-5-7-20(14)30(28,29)25(4)22(2,3)21(26)10-18-16-8-15-9-17(18)13-23(27,11-15)12-16;1-21(2,23(3)31(29,30)19-7-5-4-6-18(19)24(27)28)20(25)10-17-15-8-14-9-16(17)13-22(26,11-14)12-15/h5-7,15-18,27H,8-13H2,1-4H3;4-7,14-17,26H,8-13H2,1-3H3. The summed E-state index contributed by atoms with van der Waals surface area (Å²) in [5.41, 5.74) is -3.66. The van der Waals surface area contributed by atoms with Gasteiger partial charge in [-0.1, -0.05) is 29.8 Å². The minimum Gasteiger partial charge on any atom is -0.390 e. The topological polar surface area (TPSA) is 192 Å². The Morgan fingerprint density at radius 3 is 1.48 bits per heavy atom. The molecule has 13 nitrogen and oxygen atoms in total. The molecule has 8 aliphatic rings. The monoisotopic (exact) mass is 903 g/mol. The molecule has 0 spiro atoms. The molecule has 2 aromatic carbocycles. The van der Waals surface area contributed by atoms with E-state index < -0.39 is 57.8 Å². The number of Topliss-reactive ketones (excluding diaryl/α,β-unsaturated/α-hetero) is 2. The number of halogens is 1. The summed E-state index contributed by atoms with van der Waals surface area (Å²) >= 11 is 6.14. The van der Waals surface area contributed by atoms with Crippen LogP contribution in [0.1, 0.15) is 110 Å². The van der Waals surface area contributed by atoms with E-state index in [0.29, 0.717) is 52.5 Å². The van der Waals surface area contributed by atoms with Crippen molar-refractivity contribution in [2.24, 2.45) is 47.3 Å². The van der Waals surface area contributed by atoms with Gasteiger partial charge in [0, 0.05) is 38.0 Å². The molecule has 4 unspecified atom stereocenters. The molecule has 0 heterocycles. The number of nitrogens with zero attached hydrogens (tertiary/aromatic N) is 3. The summed E-state index contributed by atoms with van der Waals surface area (Å²) in [6.45, 7) is 8.18. The van der Waals surface area contributed by atoms with Crippen molar-refractivity contribution in [2.75, 3.05) is 14.1 Å². The Hall–Kier alpha value is -2.79. The Morgan fingerprint density at radius 1 is 0.705 bits per heavy atom. The summed E-state index contributed by atoms with van der Waals surface area (Å²) < 4.78 is 55.2. The van der Waals surface area contributed by atoms with Crippen LogP contribution in [-0.4, -0.2) is 88.5 Å². The molecule has 8 aliphatic carbocycles. The van der Waals surface area contributed by atoms with E-state index in [1.54, 1.807) is 46.8 Å². The number of carbonyl (C=O) groups is 2. The van der Waals surface area contributed by atoms with Gasteiger partial charge in [0.1, 0.15) is 0 Å². The van der Waals surface area contributed by atoms with Crippen LogP contribution in [0.5, 0.6) is 0 Å². The van der Waals surface area contributed by atoms with Crippen molar-refractivity contribution >= 4 is 48.9 Å². The molecular formula is C45H62ClN3O10S2. The molecule has 4 atom stereocenters. The lowest BCUT2D eigenvalue weighted by Crippen LogP contribution is -2.56. The number of likely N-dealkylation sites (N-methyl/N-ethyl adjacent to an activating group) is 2. The number of hydrogen-bond donors (Lipinski definition) is 2. The Morgan fingerprint density at radius 2 is 1.08 bits per heavy atom. The number of sulfonamides is 2. The average molecular weight is 905 g/mol. The Kier molecular flexibility index (Phi) is 12.1. The fraction of sp³-hybridized carbons (Fsp3) is 0.689. The molecule has 0 saturated heterocycles. The molecule has 0 aliphatic heterocycles. The van der Waals surface area contributed by atoms with E-state index in [2.05, 4.69) is 0 Å². The first-order chi connectivity index (χ1) is 28.2. The van der Waals surface area contributed by atoms with Gasteiger partial charge in [-0.05, 0) is 170 Å². The van der Waals surface area contributed by atoms with Gasteiger partial charge in [-0.2, -0.15) is 8.61 Å². The van der Waals surface area contributed by atoms with Gasteiger partial charge in [0.25, 0.3) is 15.7 Å². The number of para-hydroxylation sites is 1. The highest BCUT2D eigenvalue weighted by Crippen LogP contribution is 2.60. The van der Waals surface area contributed by atoms with Crippen LogP contribution in [0.25, 0.3) is 0 Å². The summed E-state index contributed by atoms with van der Waals surface area (Å²) in [5, 5.41) is 33.3. The fourth-order valence-corrected chi connectivity index (χ4v) is 16.3. The van der Waals surface area contributed by atoms with Crippen LogP contribution < -0.4 is 0 Å². The lowest BCUT2D eigenvalue weighted by molar-refractivity contribution is -0.387. The second-order valence-corrected chi connectivity index (χ2v) is 24.9. The van der Waals surface area contributed by atoms with E-state index in [-0.39, 0.29) is 34.7 Å². The van der Waals surface area contributed by atoms with E-state index in [1.165, 1.54) is 42.7 Å². The number of ketones is 2. The molecule has 10 rings (SSSR count). The first-order valence-electron chi connectivity index (χ1n) is 21.7. The lowest BCUT2D eigenvalue weighted by Gasteiger charge is -2.58. The molecule has 61 heavy (non-hydrogen) atoms. The van der Waals surface area contributed by atoms with E-state index >= 15 is 0 Å². The average Bonchev–Trinajstić information content (AvgIpc) is 3.16. The van der Waals surface area contributed by atoms with Crippen molar-refractivity contribution in [3.63, 3.8) is 0 Å². The van der Waals surface area contributed by atoms with Gasteiger partial charge in [-0.25, -0.2) is 16.8 Å². The smallest absolute Gasteiger partial charge is 0.289 e. The number of benzene rings is 2. The molecule has 0 amide bonds. The van der Waals surface area contributed by atoms with Crippen LogP contribution in [0.4, 0.5) is 5.69 Å². The van der Waals surface area contributed by atoms with Crippen molar-refractivity contribution in [3.8, 4) is 0 Å². The highest BCUT2D eigenvalue weighted by Gasteiger charge is 2.57. The van der Waals surface area contributed by atoms with Gasteiger partial charge in [0.15, 0.2) is 16.5 Å². The van der Waals surface area contributed by atoms with Crippen molar-refractivity contribution in [1.82, 2.24) is 8.61 Å². The van der Waals surface area contributed by atoms with Crippen molar-refractivity contribution in [3.05, 3.63) is 63.2 Å². The fourth-order valence-electron chi connectivity index (χ4n) is 12.7. The quantitative estimate of drug-likeness (QED) is 0.152. The molecule has 16 heteroatoms. The minimum absolute atomic E-state index is 0.0577. The summed E-state index contributed by atoms with van der Waals surface area (Å²) in [4.78, 5) is 37.1. The largest absolute Gasteiger partial charge is 0.390 e. The van der Waals surface area contributed by atoms with E-state index in [9.17, 15) is 46.8 Å². The van der Waals surface area contributed by atoms with Crippen molar-refractivity contribution in [1.29, 1.82) is 0 Å². The van der Waals surface area contributed by atoms with Gasteiger partial charge in [0.2, 0.25) is 10.0 Å². The maximum atomic E-state index is 13.4. The Labute approximate surface area is 365 Å². The summed E-state index contributed by atoms with van der Waals surface area (Å²) in [7, 11) is -5.35. The highest BCUT2D eigenvalue weighted by molar-refractivity contribution is 7.89. The van der Waals surface area contributed by atoms with Gasteiger partial charge in [-0.15, -0.1) is 0 Å². The zero-order valence-corrected chi connectivity index (χ0v) is 38.7. The molecule has 8 saturated carbocycles. The molecule has 0 radical (unpaired) electrons. The van der Waals surface area contributed by atoms with Gasteiger partial charge < -0.3 is 10.2 Å². The third kappa shape index (κ3) is 8.39. The van der Waals surface area contributed by atoms with Gasteiger partial charge in [0.05, 0.1) is 32.1 Å². The maximum Gasteiger partial charge on any atom is 0.289 e. The first-order valence-corrected chi connectivity index (χ1v) is 24.9. The van der Waals surface area contributed by atoms with Gasteiger partial charge >= 0.3 is 0 Å². The zero-order valence-electron chi connectivity index (χ0n) is 36.3. The molecular weight excluding hydrogens is 842 g/mol. The van der Waals surface area contributed by atoms with Crippen molar-refractivity contribution in [2.45, 2.75) is 144 Å². The van der Waals surface area contributed by atoms with Crippen LogP contribution in [0.15, 0.2) is 52.3 Å². The second-order valence-electron chi connectivity index (χ2n) is 20.6. The first kappa shape index (κ1) is 46.2. The third-order valence-corrected chi connectivity index (χ3v) is 20.9. The summed E-state index contributed by atoms with van der Waals surface area (Å²) in [6.07, 6.45) is 9.67. The van der Waals surface area contributed by atoms with E-state index in [1.807, 2.05) is 0 Å². The number of nitro benzene ring substituents is 1. The van der Waals surface area contributed by atoms with E-state index in [4.69, 9.17) is 11.6 Å². The van der Waals surface area contributed by atoms with Crippen LogP contribution in [0, 0.1) is 64.4 Å². The van der Waals surface area contributed by atoms with Crippen molar-refractivity contribution < 1.29 is 41.6 Å². The molecule has 0 aromatic heterocycles. The number of hydrogen-bond acceptors (Lipinski definition) is 10. The number of aliphatic hydroxyl groups is 2. The SMILES string of the molecule is CN(C(C)(C)C(=O)CC1C2CC3CC1CC(O)(C3)C2)S(=O)(=O)c1ccccc1[N+](=O)[O-].Cc1c(Cl)cccc1S(=O)(=O)N(C)C(C)(C)C(=O)CC1C2CC3CC1CC(O)(C3)C2. The predicted octanol–water partition coefficient (Wildman–Crippen LogP) is 7.33. The molecule has 336 valence electrons. The molecule has 2 N–H and O–H groups in total. The molecule has 8 bridgehead atoms. The number of nitro groups is 1. The minimum atomic E-state index is -4.26. The third-order valence-electron chi connectivity index (χ3n) is 16.2. The highest BCUT2D eigenvalue weighted by atomic mass is 35.5.